The minimum atomic E-state index is -1.13. The Bertz CT molecular complexity index is 444. The van der Waals surface area contributed by atoms with Crippen molar-refractivity contribution in [2.45, 2.75) is 38.4 Å². The van der Waals surface area contributed by atoms with Gasteiger partial charge in [0.05, 0.1) is 12.6 Å². The maximum Gasteiger partial charge on any atom is 0.326 e. The molecule has 0 fully saturated rings. The Hall–Kier alpha value is -1.81. The quantitative estimate of drug-likeness (QED) is 0.315. The van der Waals surface area contributed by atoms with E-state index in [9.17, 15) is 19.2 Å². The molecule has 3 amide bonds. The molecule has 10 heteroatoms. The number of hydrogen-bond donors (Lipinski definition) is 5. The second-order valence-corrected chi connectivity index (χ2v) is 5.96. The third-order valence-corrected chi connectivity index (χ3v) is 3.48. The van der Waals surface area contributed by atoms with Crippen molar-refractivity contribution in [1.29, 1.82) is 0 Å². The molecule has 0 rings (SSSR count). The molecule has 0 aliphatic rings. The molecule has 3 atom stereocenters. The number of carbonyl (C=O) groups excluding carboxylic acids is 3. The van der Waals surface area contributed by atoms with Gasteiger partial charge in [-0.2, -0.15) is 11.8 Å². The third-order valence-electron chi connectivity index (χ3n) is 2.83. The van der Waals surface area contributed by atoms with Gasteiger partial charge in [0.2, 0.25) is 17.7 Å². The predicted molar refractivity (Wildman–Crippen MR) is 86.8 cm³/mol. The molecule has 0 heterocycles. The summed E-state index contributed by atoms with van der Waals surface area (Å²) < 4.78 is 0. The van der Waals surface area contributed by atoms with Crippen LogP contribution < -0.4 is 21.7 Å². The largest absolute Gasteiger partial charge is 0.480 e. The average molecular weight is 348 g/mol. The number of nitrogens with one attached hydrogen (secondary N) is 3. The summed E-state index contributed by atoms with van der Waals surface area (Å²) >= 11 is 1.47. The minimum absolute atomic E-state index is 0.289. The van der Waals surface area contributed by atoms with E-state index in [-0.39, 0.29) is 13.0 Å². The SMILES string of the molecule is CSCCC(NC(=O)CNC(=O)C(C)NC(=O)C(C)N)C(=O)O. The standard InChI is InChI=1S/C13H24N4O5S/c1-7(14)11(19)16-8(2)12(20)15-6-10(18)17-9(13(21)22)4-5-23-3/h7-9H,4-6,14H2,1-3H3,(H,15,20)(H,16,19)(H,17,18)(H,21,22). The van der Waals surface area contributed by atoms with Crippen LogP contribution in [-0.4, -0.2) is 65.5 Å². The highest BCUT2D eigenvalue weighted by Gasteiger charge is 2.21. The Morgan fingerprint density at radius 2 is 1.74 bits per heavy atom. The Morgan fingerprint density at radius 3 is 2.22 bits per heavy atom. The molecule has 0 aliphatic carbocycles. The van der Waals surface area contributed by atoms with Gasteiger partial charge in [0.15, 0.2) is 0 Å². The van der Waals surface area contributed by atoms with Crippen molar-refractivity contribution >= 4 is 35.5 Å². The van der Waals surface area contributed by atoms with Crippen LogP contribution in [0.4, 0.5) is 0 Å². The number of thioether (sulfide) groups is 1. The van der Waals surface area contributed by atoms with Crippen LogP contribution in [0.3, 0.4) is 0 Å². The molecule has 6 N–H and O–H groups in total. The first-order chi connectivity index (χ1) is 10.7. The van der Waals surface area contributed by atoms with Gasteiger partial charge in [-0.3, -0.25) is 14.4 Å². The Kier molecular flexibility index (Phi) is 9.99. The van der Waals surface area contributed by atoms with Crippen molar-refractivity contribution < 1.29 is 24.3 Å². The molecular formula is C13H24N4O5S. The first-order valence-electron chi connectivity index (χ1n) is 7.03. The summed E-state index contributed by atoms with van der Waals surface area (Å²) in [5.41, 5.74) is 5.36. The zero-order chi connectivity index (χ0) is 18.0. The van der Waals surface area contributed by atoms with Crippen molar-refractivity contribution in [2.24, 2.45) is 5.73 Å². The number of hydrogen-bond acceptors (Lipinski definition) is 6. The van der Waals surface area contributed by atoms with Gasteiger partial charge in [0.1, 0.15) is 12.1 Å². The van der Waals surface area contributed by atoms with E-state index in [4.69, 9.17) is 10.8 Å². The second kappa shape index (κ2) is 10.8. The lowest BCUT2D eigenvalue weighted by atomic mass is 10.2. The number of carbonyl (C=O) groups is 4. The Morgan fingerprint density at radius 1 is 1.13 bits per heavy atom. The fourth-order valence-corrected chi connectivity index (χ4v) is 1.94. The van der Waals surface area contributed by atoms with Gasteiger partial charge in [0, 0.05) is 0 Å². The van der Waals surface area contributed by atoms with Gasteiger partial charge in [-0.15, -0.1) is 0 Å². The predicted octanol–water partition coefficient (Wildman–Crippen LogP) is -1.72. The zero-order valence-electron chi connectivity index (χ0n) is 13.4. The number of carboxylic acids is 1. The average Bonchev–Trinajstić information content (AvgIpc) is 2.48. The van der Waals surface area contributed by atoms with E-state index < -0.39 is 41.8 Å². The maximum absolute atomic E-state index is 11.7. The molecule has 0 spiro atoms. The normalized spacial score (nSPS) is 14.3. The van der Waals surface area contributed by atoms with Crippen LogP contribution in [0.1, 0.15) is 20.3 Å². The van der Waals surface area contributed by atoms with Crippen LogP contribution in [0.2, 0.25) is 0 Å². The van der Waals surface area contributed by atoms with Crippen LogP contribution >= 0.6 is 11.8 Å². The zero-order valence-corrected chi connectivity index (χ0v) is 14.2. The van der Waals surface area contributed by atoms with E-state index in [2.05, 4.69) is 16.0 Å². The Balaban J connectivity index is 4.27. The number of rotatable bonds is 10. The summed E-state index contributed by atoms with van der Waals surface area (Å²) in [4.78, 5) is 45.8. The number of carboxylic acid groups (broad SMARTS) is 1. The highest BCUT2D eigenvalue weighted by atomic mass is 32.2. The summed E-state index contributed by atoms with van der Waals surface area (Å²) in [5.74, 6) is -2.21. The first kappa shape index (κ1) is 21.2. The minimum Gasteiger partial charge on any atom is -0.480 e. The molecule has 0 aromatic heterocycles. The number of amides is 3. The lowest BCUT2D eigenvalue weighted by Crippen LogP contribution is -2.51. The van der Waals surface area contributed by atoms with E-state index in [0.29, 0.717) is 5.75 Å². The van der Waals surface area contributed by atoms with Gasteiger partial charge in [0.25, 0.3) is 0 Å². The Labute approximate surface area is 139 Å². The molecule has 132 valence electrons. The molecule has 0 aromatic carbocycles. The molecule has 23 heavy (non-hydrogen) atoms. The lowest BCUT2D eigenvalue weighted by molar-refractivity contribution is -0.141. The van der Waals surface area contributed by atoms with Gasteiger partial charge >= 0.3 is 5.97 Å². The van der Waals surface area contributed by atoms with Gasteiger partial charge in [-0.25, -0.2) is 4.79 Å². The fraction of sp³-hybridized carbons (Fsp3) is 0.692. The van der Waals surface area contributed by atoms with Gasteiger partial charge < -0.3 is 26.8 Å². The molecular weight excluding hydrogens is 324 g/mol. The molecule has 0 saturated carbocycles. The van der Waals surface area contributed by atoms with Gasteiger partial charge in [-0.1, -0.05) is 0 Å². The number of aliphatic carboxylic acids is 1. The van der Waals surface area contributed by atoms with Crippen LogP contribution in [0.25, 0.3) is 0 Å². The molecule has 0 radical (unpaired) electrons. The molecule has 0 aromatic rings. The highest BCUT2D eigenvalue weighted by molar-refractivity contribution is 7.98. The summed E-state index contributed by atoms with van der Waals surface area (Å²) in [6, 6.07) is -2.60. The van der Waals surface area contributed by atoms with E-state index >= 15 is 0 Å². The summed E-state index contributed by atoms with van der Waals surface area (Å²) in [5, 5.41) is 16.0. The van der Waals surface area contributed by atoms with Crippen LogP contribution in [0, 0.1) is 0 Å². The third kappa shape index (κ3) is 9.04. The molecule has 0 aliphatic heterocycles. The van der Waals surface area contributed by atoms with Crippen LogP contribution in [-0.2, 0) is 19.2 Å². The van der Waals surface area contributed by atoms with Crippen molar-refractivity contribution in [1.82, 2.24) is 16.0 Å². The lowest BCUT2D eigenvalue weighted by Gasteiger charge is -2.17. The van der Waals surface area contributed by atoms with E-state index in [1.54, 1.807) is 0 Å². The van der Waals surface area contributed by atoms with E-state index in [1.165, 1.54) is 25.6 Å². The van der Waals surface area contributed by atoms with Crippen molar-refractivity contribution in [2.75, 3.05) is 18.6 Å². The van der Waals surface area contributed by atoms with Gasteiger partial charge in [-0.05, 0) is 32.3 Å². The van der Waals surface area contributed by atoms with Crippen LogP contribution in [0.15, 0.2) is 0 Å². The van der Waals surface area contributed by atoms with E-state index in [0.717, 1.165) is 0 Å². The smallest absolute Gasteiger partial charge is 0.326 e. The topological polar surface area (TPSA) is 151 Å². The monoisotopic (exact) mass is 348 g/mol. The second-order valence-electron chi connectivity index (χ2n) is 4.98. The first-order valence-corrected chi connectivity index (χ1v) is 8.43. The molecule has 0 saturated heterocycles. The van der Waals surface area contributed by atoms with Crippen molar-refractivity contribution in [3.05, 3.63) is 0 Å². The summed E-state index contributed by atoms with van der Waals surface area (Å²) in [7, 11) is 0. The summed E-state index contributed by atoms with van der Waals surface area (Å²) in [6.07, 6.45) is 2.12. The maximum atomic E-state index is 11.7. The van der Waals surface area contributed by atoms with Crippen LogP contribution in [0.5, 0.6) is 0 Å². The number of nitrogens with two attached hydrogens (primary N) is 1. The highest BCUT2D eigenvalue weighted by Crippen LogP contribution is 2.00. The molecule has 3 unspecified atom stereocenters. The summed E-state index contributed by atoms with van der Waals surface area (Å²) in [6.45, 7) is 2.56. The fourth-order valence-electron chi connectivity index (χ4n) is 1.47. The molecule has 9 nitrogen and oxygen atoms in total. The molecule has 0 bridgehead atoms. The van der Waals surface area contributed by atoms with E-state index in [1.807, 2.05) is 6.26 Å². The van der Waals surface area contributed by atoms with Crippen molar-refractivity contribution in [3.63, 3.8) is 0 Å². The van der Waals surface area contributed by atoms with Crippen molar-refractivity contribution in [3.8, 4) is 0 Å².